The van der Waals surface area contributed by atoms with E-state index in [1.807, 2.05) is 6.92 Å². The minimum absolute atomic E-state index is 0.0859. The molecule has 0 saturated heterocycles. The van der Waals surface area contributed by atoms with Crippen molar-refractivity contribution in [2.45, 2.75) is 13.0 Å². The molecule has 9 heavy (non-hydrogen) atoms. The number of nitrogens with two attached hydrogens (primary N) is 2. The average Bonchev–Trinajstić information content (AvgIpc) is 1.80. The molecule has 1 atom stereocenters. The van der Waals surface area contributed by atoms with Crippen LogP contribution in [0.3, 0.4) is 0 Å². The fourth-order valence-corrected chi connectivity index (χ4v) is 0.376. The van der Waals surface area contributed by atoms with Crippen molar-refractivity contribution in [3.8, 4) is 0 Å². The van der Waals surface area contributed by atoms with E-state index in [1.165, 1.54) is 0 Å². The lowest BCUT2D eigenvalue weighted by molar-refractivity contribution is 0.0441. The summed E-state index contributed by atoms with van der Waals surface area (Å²) in [6.45, 7) is 3.37. The Morgan fingerprint density at radius 3 is 2.56 bits per heavy atom. The molecule has 1 unspecified atom stereocenters. The topological polar surface area (TPSA) is 70.5 Å². The van der Waals surface area contributed by atoms with Gasteiger partial charge in [0, 0.05) is 6.04 Å². The van der Waals surface area contributed by atoms with Crippen LogP contribution in [0.15, 0.2) is 0 Å². The first kappa shape index (κ1) is 8.84. The van der Waals surface area contributed by atoms with Crippen molar-refractivity contribution in [1.29, 1.82) is 0 Å². The molecule has 0 spiro atoms. The molecule has 0 aliphatic heterocycles. The lowest BCUT2D eigenvalue weighted by Gasteiger charge is -2.04. The van der Waals surface area contributed by atoms with E-state index in [-0.39, 0.29) is 6.04 Å². The molecule has 4 heteroatoms. The summed E-state index contributed by atoms with van der Waals surface area (Å²) >= 11 is 0. The van der Waals surface area contributed by atoms with Crippen LogP contribution in [0.1, 0.15) is 6.92 Å². The second-order valence-corrected chi connectivity index (χ2v) is 1.92. The maximum Gasteiger partial charge on any atom is 0.0913 e. The molecule has 0 aromatic carbocycles. The molecule has 4 nitrogen and oxygen atoms in total. The highest BCUT2D eigenvalue weighted by molar-refractivity contribution is 4.47. The zero-order valence-corrected chi connectivity index (χ0v) is 5.67. The van der Waals surface area contributed by atoms with E-state index < -0.39 is 0 Å². The first-order chi connectivity index (χ1) is 4.27. The van der Waals surface area contributed by atoms with Crippen molar-refractivity contribution in [1.82, 2.24) is 0 Å². The Balaban J connectivity index is 2.75. The van der Waals surface area contributed by atoms with Crippen LogP contribution < -0.4 is 11.6 Å². The van der Waals surface area contributed by atoms with Crippen LogP contribution in [0.2, 0.25) is 0 Å². The summed E-state index contributed by atoms with van der Waals surface area (Å²) in [5, 5.41) is 0. The molecule has 0 amide bonds. The SMILES string of the molecule is CC(N)COCCON. The zero-order valence-electron chi connectivity index (χ0n) is 5.67. The van der Waals surface area contributed by atoms with Gasteiger partial charge in [-0.3, -0.25) is 0 Å². The molecule has 0 radical (unpaired) electrons. The van der Waals surface area contributed by atoms with E-state index in [2.05, 4.69) is 4.84 Å². The van der Waals surface area contributed by atoms with Gasteiger partial charge in [-0.25, -0.2) is 5.90 Å². The summed E-state index contributed by atoms with van der Waals surface area (Å²) in [6.07, 6.45) is 0. The molecule has 0 aliphatic rings. The monoisotopic (exact) mass is 134 g/mol. The van der Waals surface area contributed by atoms with E-state index >= 15 is 0 Å². The highest BCUT2D eigenvalue weighted by Gasteiger charge is 1.91. The Morgan fingerprint density at radius 1 is 1.44 bits per heavy atom. The van der Waals surface area contributed by atoms with Gasteiger partial charge in [-0.05, 0) is 6.92 Å². The second-order valence-electron chi connectivity index (χ2n) is 1.92. The molecule has 56 valence electrons. The summed E-state index contributed by atoms with van der Waals surface area (Å²) in [5.41, 5.74) is 5.38. The van der Waals surface area contributed by atoms with Crippen LogP contribution in [0, 0.1) is 0 Å². The minimum Gasteiger partial charge on any atom is -0.377 e. The summed E-state index contributed by atoms with van der Waals surface area (Å²) in [5.74, 6) is 4.73. The van der Waals surface area contributed by atoms with Gasteiger partial charge in [0.15, 0.2) is 0 Å². The maximum absolute atomic E-state index is 5.38. The third-order valence-corrected chi connectivity index (χ3v) is 0.726. The molecule has 0 aromatic heterocycles. The highest BCUT2D eigenvalue weighted by Crippen LogP contribution is 1.78. The number of ether oxygens (including phenoxy) is 1. The van der Waals surface area contributed by atoms with Crippen LogP contribution in [0.4, 0.5) is 0 Å². The fraction of sp³-hybridized carbons (Fsp3) is 1.00. The molecule has 4 N–H and O–H groups in total. The van der Waals surface area contributed by atoms with Gasteiger partial charge < -0.3 is 15.3 Å². The van der Waals surface area contributed by atoms with Crippen LogP contribution in [0.5, 0.6) is 0 Å². The number of rotatable bonds is 5. The lowest BCUT2D eigenvalue weighted by atomic mass is 10.4. The van der Waals surface area contributed by atoms with Crippen molar-refractivity contribution in [2.24, 2.45) is 11.6 Å². The fourth-order valence-electron chi connectivity index (χ4n) is 0.376. The first-order valence-corrected chi connectivity index (χ1v) is 2.92. The van der Waals surface area contributed by atoms with Crippen molar-refractivity contribution in [3.05, 3.63) is 0 Å². The molecule has 0 heterocycles. The van der Waals surface area contributed by atoms with Crippen LogP contribution in [-0.2, 0) is 9.57 Å². The second kappa shape index (κ2) is 5.97. The lowest BCUT2D eigenvalue weighted by Crippen LogP contribution is -2.23. The first-order valence-electron chi connectivity index (χ1n) is 2.92. The normalized spacial score (nSPS) is 13.7. The molecular weight excluding hydrogens is 120 g/mol. The van der Waals surface area contributed by atoms with Crippen molar-refractivity contribution in [3.63, 3.8) is 0 Å². The largest absolute Gasteiger partial charge is 0.377 e. The minimum atomic E-state index is 0.0859. The average molecular weight is 134 g/mol. The molecule has 0 bridgehead atoms. The van der Waals surface area contributed by atoms with Crippen molar-refractivity contribution >= 4 is 0 Å². The van der Waals surface area contributed by atoms with Crippen LogP contribution in [0.25, 0.3) is 0 Å². The summed E-state index contributed by atoms with van der Waals surface area (Å²) < 4.78 is 5.01. The highest BCUT2D eigenvalue weighted by atomic mass is 16.6. The van der Waals surface area contributed by atoms with Gasteiger partial charge in [-0.2, -0.15) is 0 Å². The third kappa shape index (κ3) is 7.84. The van der Waals surface area contributed by atoms with E-state index in [0.29, 0.717) is 19.8 Å². The Hall–Kier alpha value is -0.160. The molecule has 0 saturated carbocycles. The standard InChI is InChI=1S/C5H14N2O2/c1-5(6)4-8-2-3-9-7/h5H,2-4,6-7H2,1H3. The van der Waals surface area contributed by atoms with E-state index in [0.717, 1.165) is 0 Å². The Morgan fingerprint density at radius 2 is 2.11 bits per heavy atom. The quantitative estimate of drug-likeness (QED) is 0.383. The van der Waals surface area contributed by atoms with E-state index in [9.17, 15) is 0 Å². The zero-order chi connectivity index (χ0) is 7.11. The Labute approximate surface area is 55.1 Å². The van der Waals surface area contributed by atoms with E-state index in [4.69, 9.17) is 16.4 Å². The molecular formula is C5H14N2O2. The van der Waals surface area contributed by atoms with Crippen molar-refractivity contribution in [2.75, 3.05) is 19.8 Å². The third-order valence-electron chi connectivity index (χ3n) is 0.726. The van der Waals surface area contributed by atoms with Crippen LogP contribution in [-0.4, -0.2) is 25.9 Å². The van der Waals surface area contributed by atoms with E-state index in [1.54, 1.807) is 0 Å². The van der Waals surface area contributed by atoms with Crippen LogP contribution >= 0.6 is 0 Å². The van der Waals surface area contributed by atoms with Gasteiger partial charge in [0.05, 0.1) is 19.8 Å². The number of hydrogen-bond acceptors (Lipinski definition) is 4. The van der Waals surface area contributed by atoms with Gasteiger partial charge in [-0.15, -0.1) is 0 Å². The molecule has 0 aromatic rings. The number of hydrogen-bond donors (Lipinski definition) is 2. The van der Waals surface area contributed by atoms with Gasteiger partial charge >= 0.3 is 0 Å². The van der Waals surface area contributed by atoms with Gasteiger partial charge in [0.1, 0.15) is 0 Å². The molecule has 0 fully saturated rings. The van der Waals surface area contributed by atoms with Crippen molar-refractivity contribution < 1.29 is 9.57 Å². The predicted molar refractivity (Wildman–Crippen MR) is 34.6 cm³/mol. The Bertz CT molecular complexity index is 58.9. The molecule has 0 aliphatic carbocycles. The van der Waals surface area contributed by atoms with Gasteiger partial charge in [0.2, 0.25) is 0 Å². The molecule has 0 rings (SSSR count). The summed E-state index contributed by atoms with van der Waals surface area (Å²) in [6, 6.07) is 0.0859. The van der Waals surface area contributed by atoms with Gasteiger partial charge in [0.25, 0.3) is 0 Å². The Kier molecular flexibility index (Phi) is 5.86. The maximum atomic E-state index is 5.38. The smallest absolute Gasteiger partial charge is 0.0913 e. The predicted octanol–water partition coefficient (Wildman–Crippen LogP) is -0.759. The van der Waals surface area contributed by atoms with Gasteiger partial charge in [-0.1, -0.05) is 0 Å². The summed E-state index contributed by atoms with van der Waals surface area (Å²) in [4.78, 5) is 4.26. The summed E-state index contributed by atoms with van der Waals surface area (Å²) in [7, 11) is 0.